The second-order valence-electron chi connectivity index (χ2n) is 2.86. The molecule has 2 heteroatoms. The van der Waals surface area contributed by atoms with E-state index in [0.29, 0.717) is 0 Å². The molecule has 0 bridgehead atoms. The molecule has 0 saturated carbocycles. The highest BCUT2D eigenvalue weighted by Gasteiger charge is 2.12. The molecule has 1 heterocycles. The predicted octanol–water partition coefficient (Wildman–Crippen LogP) is 2.43. The molecule has 0 aromatic heterocycles. The third kappa shape index (κ3) is 1.28. The van der Waals surface area contributed by atoms with Gasteiger partial charge in [0.2, 0.25) is 0 Å². The van der Waals surface area contributed by atoms with Gasteiger partial charge < -0.3 is 5.11 Å². The largest absolute Gasteiger partial charge is 0.378 e. The van der Waals surface area contributed by atoms with Gasteiger partial charge in [0, 0.05) is 4.90 Å². The average Bonchev–Trinajstić information content (AvgIpc) is 2.07. The van der Waals surface area contributed by atoms with Crippen molar-refractivity contribution in [3.63, 3.8) is 0 Å². The fraction of sp³-hybridized carbons (Fsp3) is 0.200. The van der Waals surface area contributed by atoms with Gasteiger partial charge in [0.1, 0.15) is 5.44 Å². The Kier molecular flexibility index (Phi) is 1.95. The van der Waals surface area contributed by atoms with Crippen molar-refractivity contribution in [3.05, 3.63) is 35.4 Å². The van der Waals surface area contributed by atoms with E-state index in [-0.39, 0.29) is 5.44 Å². The molecule has 0 fully saturated rings. The fourth-order valence-corrected chi connectivity index (χ4v) is 2.24. The first-order valence-corrected chi connectivity index (χ1v) is 4.78. The van der Waals surface area contributed by atoms with Crippen molar-refractivity contribution in [2.75, 3.05) is 0 Å². The van der Waals surface area contributed by atoms with Crippen molar-refractivity contribution >= 4 is 17.8 Å². The van der Waals surface area contributed by atoms with Crippen molar-refractivity contribution in [1.29, 1.82) is 0 Å². The zero-order valence-corrected chi connectivity index (χ0v) is 7.64. The third-order valence-electron chi connectivity index (χ3n) is 1.92. The summed E-state index contributed by atoms with van der Waals surface area (Å²) >= 11 is 1.51. The molecule has 1 atom stereocenters. The number of thioether (sulfide) groups is 1. The standard InChI is InChI=1S/C10H10OS/c1-7-3-2-4-8-5-6-9(11)12-10(7)8/h2-6,9,11H,1H3. The van der Waals surface area contributed by atoms with E-state index in [4.69, 9.17) is 0 Å². The highest BCUT2D eigenvalue weighted by atomic mass is 32.2. The van der Waals surface area contributed by atoms with Gasteiger partial charge in [-0.1, -0.05) is 36.0 Å². The molecular weight excluding hydrogens is 168 g/mol. The highest BCUT2D eigenvalue weighted by Crippen LogP contribution is 2.34. The van der Waals surface area contributed by atoms with Crippen LogP contribution in [0.15, 0.2) is 29.2 Å². The quantitative estimate of drug-likeness (QED) is 0.658. The zero-order chi connectivity index (χ0) is 8.55. The predicted molar refractivity (Wildman–Crippen MR) is 52.1 cm³/mol. The van der Waals surface area contributed by atoms with Crippen LogP contribution >= 0.6 is 11.8 Å². The molecule has 0 saturated heterocycles. The van der Waals surface area contributed by atoms with Crippen molar-refractivity contribution in [3.8, 4) is 0 Å². The Labute approximate surface area is 76.1 Å². The van der Waals surface area contributed by atoms with Crippen LogP contribution in [0, 0.1) is 6.92 Å². The molecule has 62 valence electrons. The summed E-state index contributed by atoms with van der Waals surface area (Å²) in [7, 11) is 0. The number of benzene rings is 1. The van der Waals surface area contributed by atoms with Crippen LogP contribution in [0.2, 0.25) is 0 Å². The number of aryl methyl sites for hydroxylation is 1. The summed E-state index contributed by atoms with van der Waals surface area (Å²) in [6.07, 6.45) is 3.79. The van der Waals surface area contributed by atoms with Crippen LogP contribution in [0.1, 0.15) is 11.1 Å². The van der Waals surface area contributed by atoms with E-state index in [2.05, 4.69) is 19.1 Å². The number of fused-ring (bicyclic) bond motifs is 1. The van der Waals surface area contributed by atoms with Gasteiger partial charge in [0.25, 0.3) is 0 Å². The van der Waals surface area contributed by atoms with E-state index in [0.717, 1.165) is 0 Å². The maximum atomic E-state index is 9.36. The first kappa shape index (κ1) is 7.90. The summed E-state index contributed by atoms with van der Waals surface area (Å²) in [5, 5.41) is 9.36. The fourth-order valence-electron chi connectivity index (χ4n) is 1.31. The molecular formula is C10H10OS. The lowest BCUT2D eigenvalue weighted by atomic mass is 10.1. The van der Waals surface area contributed by atoms with Gasteiger partial charge in [0.05, 0.1) is 0 Å². The van der Waals surface area contributed by atoms with E-state index in [1.165, 1.54) is 27.8 Å². The Morgan fingerprint density at radius 3 is 3.08 bits per heavy atom. The summed E-state index contributed by atoms with van der Waals surface area (Å²) in [6, 6.07) is 6.17. The molecule has 1 aromatic carbocycles. The smallest absolute Gasteiger partial charge is 0.123 e. The molecule has 0 spiro atoms. The van der Waals surface area contributed by atoms with Crippen LogP contribution in [0.5, 0.6) is 0 Å². The van der Waals surface area contributed by atoms with E-state index in [9.17, 15) is 5.11 Å². The van der Waals surface area contributed by atoms with Crippen LogP contribution in [0.3, 0.4) is 0 Å². The van der Waals surface area contributed by atoms with E-state index < -0.39 is 0 Å². The Balaban J connectivity index is 2.53. The van der Waals surface area contributed by atoms with E-state index in [1.54, 1.807) is 0 Å². The molecule has 1 N–H and O–H groups in total. The van der Waals surface area contributed by atoms with E-state index in [1.807, 2.05) is 18.2 Å². The van der Waals surface area contributed by atoms with Crippen LogP contribution in [0.4, 0.5) is 0 Å². The van der Waals surface area contributed by atoms with Crippen LogP contribution in [-0.2, 0) is 0 Å². The number of rotatable bonds is 0. The number of hydrogen-bond acceptors (Lipinski definition) is 2. The second kappa shape index (κ2) is 2.96. The van der Waals surface area contributed by atoms with Gasteiger partial charge in [-0.15, -0.1) is 0 Å². The molecule has 1 unspecified atom stereocenters. The lowest BCUT2D eigenvalue weighted by molar-refractivity contribution is 0.310. The topological polar surface area (TPSA) is 20.2 Å². The lowest BCUT2D eigenvalue weighted by Crippen LogP contribution is -2.01. The first-order chi connectivity index (χ1) is 5.77. The Morgan fingerprint density at radius 1 is 1.42 bits per heavy atom. The molecule has 0 radical (unpaired) electrons. The maximum Gasteiger partial charge on any atom is 0.123 e. The molecule has 1 aliphatic rings. The molecule has 1 nitrogen and oxygen atoms in total. The molecule has 12 heavy (non-hydrogen) atoms. The van der Waals surface area contributed by atoms with Crippen LogP contribution < -0.4 is 0 Å². The van der Waals surface area contributed by atoms with Gasteiger partial charge >= 0.3 is 0 Å². The normalized spacial score (nSPS) is 20.7. The zero-order valence-electron chi connectivity index (χ0n) is 6.82. The van der Waals surface area contributed by atoms with Crippen molar-refractivity contribution in [2.45, 2.75) is 17.3 Å². The van der Waals surface area contributed by atoms with Gasteiger partial charge in [-0.05, 0) is 24.1 Å². The summed E-state index contributed by atoms with van der Waals surface area (Å²) in [4.78, 5) is 1.20. The first-order valence-electron chi connectivity index (χ1n) is 3.90. The van der Waals surface area contributed by atoms with Crippen molar-refractivity contribution in [1.82, 2.24) is 0 Å². The Morgan fingerprint density at radius 2 is 2.25 bits per heavy atom. The molecule has 0 amide bonds. The average molecular weight is 178 g/mol. The van der Waals surface area contributed by atoms with Gasteiger partial charge in [-0.2, -0.15) is 0 Å². The number of aliphatic hydroxyl groups is 1. The second-order valence-corrected chi connectivity index (χ2v) is 3.99. The van der Waals surface area contributed by atoms with Crippen LogP contribution in [-0.4, -0.2) is 10.5 Å². The lowest BCUT2D eigenvalue weighted by Gasteiger charge is -2.15. The monoisotopic (exact) mass is 178 g/mol. The van der Waals surface area contributed by atoms with Gasteiger partial charge in [-0.25, -0.2) is 0 Å². The summed E-state index contributed by atoms with van der Waals surface area (Å²) in [5.41, 5.74) is 2.07. The molecule has 1 aliphatic heterocycles. The third-order valence-corrected chi connectivity index (χ3v) is 3.11. The minimum Gasteiger partial charge on any atom is -0.378 e. The van der Waals surface area contributed by atoms with Crippen molar-refractivity contribution in [2.24, 2.45) is 0 Å². The molecule has 1 aromatic rings. The number of aliphatic hydroxyl groups excluding tert-OH is 1. The minimum atomic E-state index is -0.376. The van der Waals surface area contributed by atoms with E-state index >= 15 is 0 Å². The van der Waals surface area contributed by atoms with Crippen LogP contribution in [0.25, 0.3) is 6.08 Å². The maximum absolute atomic E-state index is 9.36. The van der Waals surface area contributed by atoms with Gasteiger partial charge in [-0.3, -0.25) is 0 Å². The van der Waals surface area contributed by atoms with Gasteiger partial charge in [0.15, 0.2) is 0 Å². The number of hydrogen-bond donors (Lipinski definition) is 1. The summed E-state index contributed by atoms with van der Waals surface area (Å²) in [6.45, 7) is 2.07. The Bertz CT molecular complexity index is 331. The Hall–Kier alpha value is -0.730. The minimum absolute atomic E-state index is 0.376. The molecule has 2 rings (SSSR count). The SMILES string of the molecule is Cc1cccc2c1SC(O)C=C2. The summed E-state index contributed by atoms with van der Waals surface area (Å²) in [5.74, 6) is 0. The highest BCUT2D eigenvalue weighted by molar-refractivity contribution is 8.00. The molecule has 0 aliphatic carbocycles. The summed E-state index contributed by atoms with van der Waals surface area (Å²) < 4.78 is 0. The van der Waals surface area contributed by atoms with Crippen molar-refractivity contribution < 1.29 is 5.11 Å².